The topological polar surface area (TPSA) is 29.9 Å². The van der Waals surface area contributed by atoms with Crippen LogP contribution in [0.3, 0.4) is 0 Å². The Morgan fingerprint density at radius 2 is 2.10 bits per heavy atom. The van der Waals surface area contributed by atoms with E-state index in [-0.39, 0.29) is 0 Å². The number of hydrogen-bond donors (Lipinski definition) is 1. The number of rotatable bonds is 4. The molecule has 112 valence electrons. The van der Waals surface area contributed by atoms with Gasteiger partial charge in [0.2, 0.25) is 0 Å². The fourth-order valence-electron chi connectivity index (χ4n) is 3.20. The lowest BCUT2D eigenvalue weighted by Gasteiger charge is -2.12. The predicted octanol–water partition coefficient (Wildman–Crippen LogP) is 4.71. The van der Waals surface area contributed by atoms with E-state index in [1.165, 1.54) is 11.3 Å². The van der Waals surface area contributed by atoms with E-state index < -0.39 is 0 Å². The van der Waals surface area contributed by atoms with Crippen LogP contribution in [0, 0.1) is 6.92 Å². The largest absolute Gasteiger partial charge is 0.369 e. The molecular formula is C17H22ClN3. The van der Waals surface area contributed by atoms with Crippen LogP contribution < -0.4 is 5.32 Å². The van der Waals surface area contributed by atoms with Gasteiger partial charge in [0, 0.05) is 23.0 Å². The van der Waals surface area contributed by atoms with Crippen LogP contribution in [0.2, 0.25) is 5.02 Å². The van der Waals surface area contributed by atoms with E-state index in [0.717, 1.165) is 47.9 Å². The lowest BCUT2D eigenvalue weighted by atomic mass is 9.96. The van der Waals surface area contributed by atoms with Crippen molar-refractivity contribution in [1.29, 1.82) is 0 Å². The van der Waals surface area contributed by atoms with Crippen LogP contribution in [0.4, 0.5) is 5.82 Å². The Morgan fingerprint density at radius 3 is 2.81 bits per heavy atom. The smallest absolute Gasteiger partial charge is 0.133 e. The third-order valence-electron chi connectivity index (χ3n) is 4.52. The Labute approximate surface area is 131 Å². The average Bonchev–Trinajstić information content (AvgIpc) is 3.07. The summed E-state index contributed by atoms with van der Waals surface area (Å²) in [6, 6.07) is 6.01. The number of nitrogens with one attached hydrogen (secondary N) is 1. The third kappa shape index (κ3) is 2.34. The van der Waals surface area contributed by atoms with Crippen molar-refractivity contribution in [3.63, 3.8) is 0 Å². The highest BCUT2D eigenvalue weighted by atomic mass is 35.5. The molecule has 1 aliphatic heterocycles. The normalized spacial score (nSPS) is 13.6. The number of anilines is 1. The molecule has 0 aliphatic carbocycles. The molecule has 0 bridgehead atoms. The highest BCUT2D eigenvalue weighted by molar-refractivity contribution is 6.31. The Balaban J connectivity index is 2.16. The van der Waals surface area contributed by atoms with Gasteiger partial charge in [-0.15, -0.1) is 0 Å². The Morgan fingerprint density at radius 1 is 1.33 bits per heavy atom. The number of nitrogens with zero attached hydrogens (tertiary/aromatic N) is 2. The molecule has 0 saturated carbocycles. The fraction of sp³-hybridized carbons (Fsp3) is 0.471. The van der Waals surface area contributed by atoms with Gasteiger partial charge in [-0.05, 0) is 43.9 Å². The van der Waals surface area contributed by atoms with Crippen LogP contribution in [-0.2, 0) is 6.42 Å². The van der Waals surface area contributed by atoms with E-state index in [1.807, 2.05) is 12.1 Å². The number of halogens is 1. The SMILES string of the molecule is CCC(CC)c1nn(-c2cccc(Cl)c2C)c2c1CCN2. The van der Waals surface area contributed by atoms with Gasteiger partial charge >= 0.3 is 0 Å². The second-order valence-corrected chi connectivity index (χ2v) is 6.11. The number of benzene rings is 1. The Hall–Kier alpha value is -1.48. The monoisotopic (exact) mass is 303 g/mol. The fourth-order valence-corrected chi connectivity index (χ4v) is 3.37. The molecule has 0 radical (unpaired) electrons. The van der Waals surface area contributed by atoms with Crippen molar-refractivity contribution in [2.45, 2.75) is 46.0 Å². The van der Waals surface area contributed by atoms with E-state index >= 15 is 0 Å². The molecule has 4 heteroatoms. The van der Waals surface area contributed by atoms with Gasteiger partial charge < -0.3 is 5.32 Å². The lowest BCUT2D eigenvalue weighted by molar-refractivity contribution is 0.607. The molecule has 1 aromatic heterocycles. The van der Waals surface area contributed by atoms with Crippen molar-refractivity contribution in [2.75, 3.05) is 11.9 Å². The first-order chi connectivity index (χ1) is 10.2. The third-order valence-corrected chi connectivity index (χ3v) is 4.93. The summed E-state index contributed by atoms with van der Waals surface area (Å²) in [4.78, 5) is 0. The standard InChI is InChI=1S/C17H22ClN3/c1-4-12(5-2)16-13-9-10-19-17(13)21(20-16)15-8-6-7-14(18)11(15)3/h6-8,12,19H,4-5,9-10H2,1-3H3. The molecule has 0 amide bonds. The summed E-state index contributed by atoms with van der Waals surface area (Å²) in [7, 11) is 0. The summed E-state index contributed by atoms with van der Waals surface area (Å²) >= 11 is 6.28. The number of aromatic nitrogens is 2. The summed E-state index contributed by atoms with van der Waals surface area (Å²) in [6.07, 6.45) is 3.34. The minimum atomic E-state index is 0.541. The molecule has 2 heterocycles. The van der Waals surface area contributed by atoms with Gasteiger partial charge in [0.15, 0.2) is 0 Å². The zero-order valence-corrected chi connectivity index (χ0v) is 13.7. The van der Waals surface area contributed by atoms with Gasteiger partial charge in [-0.2, -0.15) is 5.10 Å². The molecule has 0 saturated heterocycles. The van der Waals surface area contributed by atoms with Crippen LogP contribution in [0.15, 0.2) is 18.2 Å². The van der Waals surface area contributed by atoms with Crippen molar-refractivity contribution in [1.82, 2.24) is 9.78 Å². The molecule has 1 aliphatic rings. The van der Waals surface area contributed by atoms with Gasteiger partial charge in [-0.3, -0.25) is 0 Å². The minimum Gasteiger partial charge on any atom is -0.369 e. The quantitative estimate of drug-likeness (QED) is 0.887. The first kappa shape index (κ1) is 14.5. The summed E-state index contributed by atoms with van der Waals surface area (Å²) < 4.78 is 2.05. The zero-order valence-electron chi connectivity index (χ0n) is 12.9. The Bertz CT molecular complexity index is 656. The van der Waals surface area contributed by atoms with Gasteiger partial charge in [0.05, 0.1) is 11.4 Å². The second-order valence-electron chi connectivity index (χ2n) is 5.70. The minimum absolute atomic E-state index is 0.541. The molecular weight excluding hydrogens is 282 g/mol. The maximum absolute atomic E-state index is 6.28. The number of fused-ring (bicyclic) bond motifs is 1. The van der Waals surface area contributed by atoms with Gasteiger partial charge in [0.25, 0.3) is 0 Å². The van der Waals surface area contributed by atoms with E-state index in [1.54, 1.807) is 0 Å². The molecule has 0 atom stereocenters. The Kier molecular flexibility index (Phi) is 3.94. The highest BCUT2D eigenvalue weighted by Gasteiger charge is 2.26. The molecule has 3 rings (SSSR count). The van der Waals surface area contributed by atoms with Crippen LogP contribution in [0.25, 0.3) is 5.69 Å². The van der Waals surface area contributed by atoms with Gasteiger partial charge in [-0.1, -0.05) is 31.5 Å². The first-order valence-electron chi connectivity index (χ1n) is 7.78. The van der Waals surface area contributed by atoms with Crippen molar-refractivity contribution >= 4 is 17.4 Å². The van der Waals surface area contributed by atoms with E-state index in [2.05, 4.69) is 36.8 Å². The molecule has 0 spiro atoms. The van der Waals surface area contributed by atoms with Gasteiger partial charge in [-0.25, -0.2) is 4.68 Å². The molecule has 3 nitrogen and oxygen atoms in total. The summed E-state index contributed by atoms with van der Waals surface area (Å²) in [6.45, 7) is 7.54. The van der Waals surface area contributed by atoms with Crippen molar-refractivity contribution < 1.29 is 0 Å². The predicted molar refractivity (Wildman–Crippen MR) is 88.8 cm³/mol. The summed E-state index contributed by atoms with van der Waals surface area (Å²) in [5, 5.41) is 9.23. The maximum atomic E-state index is 6.28. The van der Waals surface area contributed by atoms with E-state index in [4.69, 9.17) is 16.7 Å². The molecule has 1 N–H and O–H groups in total. The first-order valence-corrected chi connectivity index (χ1v) is 8.16. The van der Waals surface area contributed by atoms with Crippen molar-refractivity contribution in [3.05, 3.63) is 40.0 Å². The molecule has 21 heavy (non-hydrogen) atoms. The van der Waals surface area contributed by atoms with Gasteiger partial charge in [0.1, 0.15) is 5.82 Å². The molecule has 2 aromatic rings. The maximum Gasteiger partial charge on any atom is 0.133 e. The molecule has 1 aromatic carbocycles. The van der Waals surface area contributed by atoms with Crippen LogP contribution in [0.1, 0.15) is 49.4 Å². The van der Waals surface area contributed by atoms with Crippen LogP contribution in [0.5, 0.6) is 0 Å². The van der Waals surface area contributed by atoms with Crippen molar-refractivity contribution in [3.8, 4) is 5.69 Å². The molecule has 0 fully saturated rings. The van der Waals surface area contributed by atoms with E-state index in [0.29, 0.717) is 5.92 Å². The average molecular weight is 304 g/mol. The second kappa shape index (κ2) is 5.72. The molecule has 0 unspecified atom stereocenters. The summed E-state index contributed by atoms with van der Waals surface area (Å²) in [5.41, 5.74) is 4.81. The van der Waals surface area contributed by atoms with Crippen molar-refractivity contribution in [2.24, 2.45) is 0 Å². The highest BCUT2D eigenvalue weighted by Crippen LogP contribution is 2.36. The number of hydrogen-bond acceptors (Lipinski definition) is 2. The zero-order chi connectivity index (χ0) is 15.0. The van der Waals surface area contributed by atoms with Crippen LogP contribution >= 0.6 is 11.6 Å². The lowest BCUT2D eigenvalue weighted by Crippen LogP contribution is -2.07. The van der Waals surface area contributed by atoms with Crippen LogP contribution in [-0.4, -0.2) is 16.3 Å². The van der Waals surface area contributed by atoms with E-state index in [9.17, 15) is 0 Å². The summed E-state index contributed by atoms with van der Waals surface area (Å²) in [5.74, 6) is 1.70.